The van der Waals surface area contributed by atoms with Crippen LogP contribution in [0.4, 0.5) is 17.3 Å². The molecule has 1 aliphatic heterocycles. The summed E-state index contributed by atoms with van der Waals surface area (Å²) in [6, 6.07) is 16.9. The smallest absolute Gasteiger partial charge is 0.263 e. The van der Waals surface area contributed by atoms with Crippen molar-refractivity contribution < 1.29 is 16.8 Å². The monoisotopic (exact) mass is 641 g/mol. The van der Waals surface area contributed by atoms with Crippen LogP contribution in [0.5, 0.6) is 0 Å². The Morgan fingerprint density at radius 3 is 2.07 bits per heavy atom. The van der Waals surface area contributed by atoms with Crippen LogP contribution in [-0.2, 0) is 25.5 Å². The lowest BCUT2D eigenvalue weighted by Crippen LogP contribution is -2.31. The van der Waals surface area contributed by atoms with Gasteiger partial charge in [-0.3, -0.25) is 4.72 Å². The first kappa shape index (κ1) is 31.2. The number of fused-ring (bicyclic) bond motifs is 1. The first-order chi connectivity index (χ1) is 20.3. The van der Waals surface area contributed by atoms with Gasteiger partial charge in [-0.2, -0.15) is 4.31 Å². The fourth-order valence-electron chi connectivity index (χ4n) is 5.02. The van der Waals surface area contributed by atoms with Crippen molar-refractivity contribution in [3.8, 4) is 0 Å². The number of benzene rings is 3. The van der Waals surface area contributed by atoms with Crippen LogP contribution in [0.3, 0.4) is 0 Å². The molecular formula is C31H36ClN5O4S2. The van der Waals surface area contributed by atoms with Crippen molar-refractivity contribution in [3.05, 3.63) is 76.8 Å². The van der Waals surface area contributed by atoms with Crippen LogP contribution in [0.25, 0.3) is 11.0 Å². The van der Waals surface area contributed by atoms with Gasteiger partial charge in [-0.05, 0) is 72.7 Å². The molecule has 0 radical (unpaired) electrons. The van der Waals surface area contributed by atoms with Gasteiger partial charge in [0.15, 0.2) is 11.6 Å². The second kappa shape index (κ2) is 12.0. The van der Waals surface area contributed by atoms with Crippen molar-refractivity contribution in [2.45, 2.75) is 68.6 Å². The summed E-state index contributed by atoms with van der Waals surface area (Å²) in [4.78, 5) is 9.45. The van der Waals surface area contributed by atoms with Gasteiger partial charge in [0.05, 0.1) is 31.5 Å². The second-order valence-electron chi connectivity index (χ2n) is 11.8. The highest BCUT2D eigenvalue weighted by atomic mass is 35.5. The quantitative estimate of drug-likeness (QED) is 0.223. The number of anilines is 3. The summed E-state index contributed by atoms with van der Waals surface area (Å²) in [5, 5.41) is 3.31. The number of aryl methyl sites for hydroxylation is 1. The number of sulfonamides is 2. The minimum atomic E-state index is -4.10. The van der Waals surface area contributed by atoms with Gasteiger partial charge in [-0.1, -0.05) is 69.5 Å². The number of halogens is 1. The summed E-state index contributed by atoms with van der Waals surface area (Å²) in [6.45, 7) is 8.72. The van der Waals surface area contributed by atoms with Gasteiger partial charge in [0.2, 0.25) is 10.0 Å². The van der Waals surface area contributed by atoms with Gasteiger partial charge in [-0.15, -0.1) is 0 Å². The number of nitrogens with one attached hydrogen (secondary N) is 2. The molecule has 5 rings (SSSR count). The standard InChI is InChI=1S/C31H36ClN5O4S2/c1-21-13-14-22(31(2,3)4)19-28(21)42(38,39)36-30-29(33-25-11-7-8-12-26(25)34-30)35-27-20-23(15-16-24(27)32)43(40,41)37-17-9-5-6-10-18-37/h7-8,11-16,19-20H,5-6,9-10,17-18H2,1-4H3,(H,33,35)(H,34,36). The topological polar surface area (TPSA) is 121 Å². The van der Waals surface area contributed by atoms with Gasteiger partial charge in [0, 0.05) is 13.1 Å². The molecule has 0 amide bonds. The van der Waals surface area contributed by atoms with Crippen LogP contribution < -0.4 is 10.0 Å². The molecule has 0 saturated carbocycles. The Morgan fingerprint density at radius 1 is 0.814 bits per heavy atom. The van der Waals surface area contributed by atoms with Crippen molar-refractivity contribution >= 4 is 60.0 Å². The summed E-state index contributed by atoms with van der Waals surface area (Å²) in [6.07, 6.45) is 3.62. The number of aromatic nitrogens is 2. The molecule has 1 aromatic heterocycles. The van der Waals surface area contributed by atoms with Crippen molar-refractivity contribution in [2.75, 3.05) is 23.1 Å². The van der Waals surface area contributed by atoms with Crippen molar-refractivity contribution in [1.29, 1.82) is 0 Å². The predicted octanol–water partition coefficient (Wildman–Crippen LogP) is 7.00. The largest absolute Gasteiger partial charge is 0.336 e. The van der Waals surface area contributed by atoms with E-state index in [1.807, 2.05) is 26.8 Å². The molecule has 9 nitrogen and oxygen atoms in total. The maximum atomic E-state index is 13.8. The van der Waals surface area contributed by atoms with Crippen molar-refractivity contribution in [2.24, 2.45) is 0 Å². The number of rotatable bonds is 7. The number of hydrogen-bond donors (Lipinski definition) is 2. The molecule has 228 valence electrons. The molecule has 2 N–H and O–H groups in total. The molecule has 0 aliphatic carbocycles. The molecular weight excluding hydrogens is 606 g/mol. The van der Waals surface area contributed by atoms with Crippen molar-refractivity contribution in [1.82, 2.24) is 14.3 Å². The minimum Gasteiger partial charge on any atom is -0.336 e. The van der Waals surface area contributed by atoms with E-state index >= 15 is 0 Å². The summed E-state index contributed by atoms with van der Waals surface area (Å²) in [5.41, 5.74) is 2.45. The highest BCUT2D eigenvalue weighted by Gasteiger charge is 2.27. The third-order valence-corrected chi connectivity index (χ3v) is 11.2. The van der Waals surface area contributed by atoms with Crippen LogP contribution in [0, 0.1) is 6.92 Å². The molecule has 2 heterocycles. The van der Waals surface area contributed by atoms with E-state index in [1.165, 1.54) is 22.5 Å². The number of nitrogens with zero attached hydrogens (tertiary/aromatic N) is 3. The summed E-state index contributed by atoms with van der Waals surface area (Å²) in [7, 11) is -7.86. The molecule has 4 aromatic rings. The summed E-state index contributed by atoms with van der Waals surface area (Å²) in [5.74, 6) is 0.0363. The maximum Gasteiger partial charge on any atom is 0.263 e. The Kier molecular flexibility index (Phi) is 8.72. The molecule has 0 atom stereocenters. The van der Waals surface area contributed by atoms with E-state index in [0.29, 0.717) is 29.7 Å². The fraction of sp³-hybridized carbons (Fsp3) is 0.355. The van der Waals surface area contributed by atoms with E-state index in [2.05, 4.69) is 20.0 Å². The van der Waals surface area contributed by atoms with Crippen molar-refractivity contribution in [3.63, 3.8) is 0 Å². The average molecular weight is 642 g/mol. The Bertz CT molecular complexity index is 1880. The highest BCUT2D eigenvalue weighted by molar-refractivity contribution is 7.92. The van der Waals surface area contributed by atoms with Crippen LogP contribution in [0.15, 0.2) is 70.5 Å². The van der Waals surface area contributed by atoms with Gasteiger partial charge in [-0.25, -0.2) is 26.8 Å². The lowest BCUT2D eigenvalue weighted by molar-refractivity contribution is 0.424. The van der Waals surface area contributed by atoms with E-state index in [1.54, 1.807) is 43.3 Å². The van der Waals surface area contributed by atoms with E-state index in [-0.39, 0.29) is 37.6 Å². The average Bonchev–Trinajstić information content (AvgIpc) is 3.24. The summed E-state index contributed by atoms with van der Waals surface area (Å²) >= 11 is 6.53. The molecule has 0 spiro atoms. The first-order valence-electron chi connectivity index (χ1n) is 14.2. The zero-order valence-corrected chi connectivity index (χ0v) is 27.1. The maximum absolute atomic E-state index is 13.8. The predicted molar refractivity (Wildman–Crippen MR) is 172 cm³/mol. The Hall–Kier alpha value is -3.25. The minimum absolute atomic E-state index is 0.0453. The van der Waals surface area contributed by atoms with E-state index in [0.717, 1.165) is 31.2 Å². The van der Waals surface area contributed by atoms with Crippen LogP contribution in [0.1, 0.15) is 57.6 Å². The zero-order chi connectivity index (χ0) is 31.0. The van der Waals surface area contributed by atoms with E-state index in [9.17, 15) is 16.8 Å². The molecule has 3 aromatic carbocycles. The normalized spacial score (nSPS) is 15.3. The third kappa shape index (κ3) is 6.80. The molecule has 1 aliphatic rings. The second-order valence-corrected chi connectivity index (χ2v) is 15.8. The number of hydrogen-bond acceptors (Lipinski definition) is 7. The lowest BCUT2D eigenvalue weighted by atomic mass is 9.87. The SMILES string of the molecule is Cc1ccc(C(C)(C)C)cc1S(=O)(=O)Nc1nc2ccccc2nc1Nc1cc(S(=O)(=O)N2CCCCCC2)ccc1Cl. The fourth-order valence-corrected chi connectivity index (χ4v) is 8.01. The third-order valence-electron chi connectivity index (χ3n) is 7.54. The van der Waals surface area contributed by atoms with E-state index < -0.39 is 20.0 Å². The van der Waals surface area contributed by atoms with Crippen LogP contribution in [0.2, 0.25) is 5.02 Å². The van der Waals surface area contributed by atoms with Crippen LogP contribution >= 0.6 is 11.6 Å². The molecule has 0 unspecified atom stereocenters. The first-order valence-corrected chi connectivity index (χ1v) is 17.5. The Labute approximate surface area is 258 Å². The van der Waals surface area contributed by atoms with Gasteiger partial charge in [0.25, 0.3) is 10.0 Å². The molecule has 0 bridgehead atoms. The van der Waals surface area contributed by atoms with Gasteiger partial charge < -0.3 is 5.32 Å². The van der Waals surface area contributed by atoms with Gasteiger partial charge in [0.1, 0.15) is 0 Å². The Balaban J connectivity index is 1.56. The van der Waals surface area contributed by atoms with Crippen LogP contribution in [-0.4, -0.2) is 44.2 Å². The lowest BCUT2D eigenvalue weighted by Gasteiger charge is -2.21. The molecule has 43 heavy (non-hydrogen) atoms. The molecule has 1 saturated heterocycles. The molecule has 12 heteroatoms. The Morgan fingerprint density at radius 2 is 1.44 bits per heavy atom. The summed E-state index contributed by atoms with van der Waals surface area (Å²) < 4.78 is 58.7. The van der Waals surface area contributed by atoms with Gasteiger partial charge >= 0.3 is 0 Å². The van der Waals surface area contributed by atoms with E-state index in [4.69, 9.17) is 11.6 Å². The highest BCUT2D eigenvalue weighted by Crippen LogP contribution is 2.34. The number of para-hydroxylation sites is 2. The zero-order valence-electron chi connectivity index (χ0n) is 24.7. The molecule has 1 fully saturated rings.